The molecule has 0 saturated carbocycles. The number of rotatable bonds is 2. The maximum atomic E-state index is 12.9. The Morgan fingerprint density at radius 1 is 1.29 bits per heavy atom. The Hall–Kier alpha value is -2.82. The third kappa shape index (κ3) is 3.02. The quantitative estimate of drug-likeness (QED) is 0.888. The van der Waals surface area contributed by atoms with Gasteiger partial charge in [0.2, 0.25) is 0 Å². The van der Waals surface area contributed by atoms with Gasteiger partial charge in [0.15, 0.2) is 0 Å². The predicted molar refractivity (Wildman–Crippen MR) is 70.6 cm³/mol. The minimum absolute atomic E-state index is 0.155. The highest BCUT2D eigenvalue weighted by atomic mass is 19.4. The number of benzene rings is 1. The van der Waals surface area contributed by atoms with Gasteiger partial charge in [0.25, 0.3) is 0 Å². The summed E-state index contributed by atoms with van der Waals surface area (Å²) in [7, 11) is 0. The van der Waals surface area contributed by atoms with Gasteiger partial charge in [0.05, 0.1) is 17.2 Å². The van der Waals surface area contributed by atoms with Crippen molar-refractivity contribution in [1.29, 1.82) is 5.26 Å². The number of halogens is 3. The van der Waals surface area contributed by atoms with E-state index in [-0.39, 0.29) is 11.5 Å². The number of anilines is 3. The van der Waals surface area contributed by atoms with E-state index in [0.29, 0.717) is 11.4 Å². The summed E-state index contributed by atoms with van der Waals surface area (Å²) >= 11 is 0. The van der Waals surface area contributed by atoms with Crippen molar-refractivity contribution in [2.45, 2.75) is 13.1 Å². The number of hydrogen-bond acceptors (Lipinski definition) is 5. The molecule has 0 aliphatic rings. The van der Waals surface area contributed by atoms with E-state index in [1.165, 1.54) is 18.5 Å². The molecule has 0 unspecified atom stereocenters. The topological polar surface area (TPSA) is 87.6 Å². The maximum Gasteiger partial charge on any atom is 0.417 e. The number of nitriles is 1. The molecule has 0 spiro atoms. The van der Waals surface area contributed by atoms with Crippen LogP contribution in [0.25, 0.3) is 0 Å². The van der Waals surface area contributed by atoms with Crippen LogP contribution in [-0.2, 0) is 6.18 Å². The maximum absolute atomic E-state index is 12.9. The Bertz CT molecular complexity index is 719. The molecule has 1 aromatic heterocycles. The minimum atomic E-state index is -4.61. The van der Waals surface area contributed by atoms with Crippen molar-refractivity contribution in [3.05, 3.63) is 41.2 Å². The number of nitrogens with zero attached hydrogens (tertiary/aromatic N) is 3. The Morgan fingerprint density at radius 2 is 2.00 bits per heavy atom. The van der Waals surface area contributed by atoms with Crippen LogP contribution in [0, 0.1) is 18.3 Å². The number of alkyl halides is 3. The molecule has 0 amide bonds. The van der Waals surface area contributed by atoms with E-state index in [0.717, 1.165) is 12.1 Å². The van der Waals surface area contributed by atoms with Crippen LogP contribution in [-0.4, -0.2) is 9.97 Å². The highest BCUT2D eigenvalue weighted by Gasteiger charge is 2.33. The van der Waals surface area contributed by atoms with Crippen LogP contribution < -0.4 is 11.1 Å². The lowest BCUT2D eigenvalue weighted by Crippen LogP contribution is -2.09. The standard InChI is InChI=1S/C13H10F3N5/c1-7-11(18)19-6-20-12(7)21-9-3-2-8(5-17)10(4-9)13(14,15)16/h2-4,6H,1H3,(H3,18,19,20,21). The second kappa shape index (κ2) is 5.28. The Balaban J connectivity index is 2.43. The fourth-order valence-electron chi connectivity index (χ4n) is 1.68. The zero-order valence-corrected chi connectivity index (χ0v) is 10.9. The van der Waals surface area contributed by atoms with E-state index in [4.69, 9.17) is 11.0 Å². The van der Waals surface area contributed by atoms with Gasteiger partial charge in [-0.25, -0.2) is 9.97 Å². The first-order chi connectivity index (χ1) is 9.82. The first kappa shape index (κ1) is 14.6. The van der Waals surface area contributed by atoms with Gasteiger partial charge >= 0.3 is 6.18 Å². The fourth-order valence-corrected chi connectivity index (χ4v) is 1.68. The smallest absolute Gasteiger partial charge is 0.383 e. The van der Waals surface area contributed by atoms with Crippen LogP contribution in [0.15, 0.2) is 24.5 Å². The van der Waals surface area contributed by atoms with Gasteiger partial charge < -0.3 is 11.1 Å². The summed E-state index contributed by atoms with van der Waals surface area (Å²) in [6.45, 7) is 1.64. The monoisotopic (exact) mass is 293 g/mol. The zero-order valence-electron chi connectivity index (χ0n) is 10.9. The summed E-state index contributed by atoms with van der Waals surface area (Å²) in [6.07, 6.45) is -3.40. The van der Waals surface area contributed by atoms with E-state index in [9.17, 15) is 13.2 Å². The van der Waals surface area contributed by atoms with Crippen molar-refractivity contribution in [2.24, 2.45) is 0 Å². The van der Waals surface area contributed by atoms with Gasteiger partial charge in [-0.1, -0.05) is 0 Å². The van der Waals surface area contributed by atoms with Crippen LogP contribution in [0.4, 0.5) is 30.5 Å². The van der Waals surface area contributed by atoms with Gasteiger partial charge in [-0.3, -0.25) is 0 Å². The third-order valence-electron chi connectivity index (χ3n) is 2.83. The van der Waals surface area contributed by atoms with Gasteiger partial charge in [-0.05, 0) is 25.1 Å². The van der Waals surface area contributed by atoms with Crippen molar-refractivity contribution in [3.63, 3.8) is 0 Å². The number of aromatic nitrogens is 2. The molecule has 1 aromatic carbocycles. The molecule has 21 heavy (non-hydrogen) atoms. The van der Waals surface area contributed by atoms with Crippen LogP contribution in [0.2, 0.25) is 0 Å². The molecule has 0 saturated heterocycles. The second-order valence-electron chi connectivity index (χ2n) is 4.23. The molecule has 0 fully saturated rings. The molecule has 108 valence electrons. The number of nitrogens with one attached hydrogen (secondary N) is 1. The molecule has 0 radical (unpaired) electrons. The van der Waals surface area contributed by atoms with E-state index >= 15 is 0 Å². The number of hydrogen-bond donors (Lipinski definition) is 2. The summed E-state index contributed by atoms with van der Waals surface area (Å²) in [5, 5.41) is 11.5. The average molecular weight is 293 g/mol. The van der Waals surface area contributed by atoms with Crippen LogP contribution in [0.3, 0.4) is 0 Å². The normalized spacial score (nSPS) is 11.0. The van der Waals surface area contributed by atoms with Crippen molar-refractivity contribution in [2.75, 3.05) is 11.1 Å². The molecule has 0 atom stereocenters. The fraction of sp³-hybridized carbons (Fsp3) is 0.154. The average Bonchev–Trinajstić information content (AvgIpc) is 2.43. The van der Waals surface area contributed by atoms with Crippen LogP contribution >= 0.6 is 0 Å². The van der Waals surface area contributed by atoms with E-state index in [1.807, 2.05) is 0 Å². The lowest BCUT2D eigenvalue weighted by atomic mass is 10.1. The summed E-state index contributed by atoms with van der Waals surface area (Å²) in [6, 6.07) is 4.85. The van der Waals surface area contributed by atoms with Crippen molar-refractivity contribution in [1.82, 2.24) is 9.97 Å². The SMILES string of the molecule is Cc1c(N)ncnc1Nc1ccc(C#N)c(C(F)(F)F)c1. The summed E-state index contributed by atoms with van der Waals surface area (Å²) in [4.78, 5) is 7.69. The second-order valence-corrected chi connectivity index (χ2v) is 4.23. The van der Waals surface area contributed by atoms with Gasteiger partial charge in [-0.15, -0.1) is 0 Å². The lowest BCUT2D eigenvalue weighted by Gasteiger charge is -2.13. The summed E-state index contributed by atoms with van der Waals surface area (Å²) in [5.41, 5.74) is 4.84. The van der Waals surface area contributed by atoms with Gasteiger partial charge in [-0.2, -0.15) is 18.4 Å². The molecular formula is C13H10F3N5. The zero-order chi connectivity index (χ0) is 15.6. The van der Waals surface area contributed by atoms with E-state index in [1.54, 1.807) is 6.92 Å². The lowest BCUT2D eigenvalue weighted by molar-refractivity contribution is -0.137. The summed E-state index contributed by atoms with van der Waals surface area (Å²) in [5.74, 6) is 0.539. The highest BCUT2D eigenvalue weighted by molar-refractivity contribution is 5.65. The molecule has 0 aliphatic heterocycles. The van der Waals surface area contributed by atoms with Crippen molar-refractivity contribution in [3.8, 4) is 6.07 Å². The highest BCUT2D eigenvalue weighted by Crippen LogP contribution is 2.34. The van der Waals surface area contributed by atoms with Crippen molar-refractivity contribution < 1.29 is 13.2 Å². The first-order valence-electron chi connectivity index (χ1n) is 5.78. The molecule has 3 N–H and O–H groups in total. The molecule has 1 heterocycles. The third-order valence-corrected chi connectivity index (χ3v) is 2.83. The Morgan fingerprint density at radius 3 is 2.62 bits per heavy atom. The van der Waals surface area contributed by atoms with Crippen LogP contribution in [0.5, 0.6) is 0 Å². The predicted octanol–water partition coefficient (Wildman–Crippen LogP) is 3.00. The van der Waals surface area contributed by atoms with Gasteiger partial charge in [0, 0.05) is 11.3 Å². The molecule has 5 nitrogen and oxygen atoms in total. The van der Waals surface area contributed by atoms with Crippen molar-refractivity contribution >= 4 is 17.3 Å². The Kier molecular flexibility index (Phi) is 3.67. The summed E-state index contributed by atoms with van der Waals surface area (Å²) < 4.78 is 38.6. The number of nitrogens with two attached hydrogens (primary N) is 1. The van der Waals surface area contributed by atoms with Crippen LogP contribution in [0.1, 0.15) is 16.7 Å². The molecular weight excluding hydrogens is 283 g/mol. The van der Waals surface area contributed by atoms with Gasteiger partial charge in [0.1, 0.15) is 18.0 Å². The van der Waals surface area contributed by atoms with E-state index < -0.39 is 17.3 Å². The molecule has 8 heteroatoms. The first-order valence-corrected chi connectivity index (χ1v) is 5.78. The van der Waals surface area contributed by atoms with E-state index in [2.05, 4.69) is 15.3 Å². The molecule has 0 bridgehead atoms. The Labute approximate surface area is 118 Å². The molecule has 2 rings (SSSR count). The minimum Gasteiger partial charge on any atom is -0.383 e. The number of nitrogen functional groups attached to an aromatic ring is 1. The molecule has 0 aliphatic carbocycles. The molecule has 2 aromatic rings. The largest absolute Gasteiger partial charge is 0.417 e.